The first-order valence-corrected chi connectivity index (χ1v) is 11.3. The van der Waals surface area contributed by atoms with Crippen molar-refractivity contribution >= 4 is 14.0 Å². The summed E-state index contributed by atoms with van der Waals surface area (Å²) in [6.45, 7) is 8.48. The number of fused-ring (bicyclic) bond motifs is 1. The molecule has 1 aromatic rings. The van der Waals surface area contributed by atoms with Gasteiger partial charge in [-0.3, -0.25) is 0 Å². The molecule has 4 heteroatoms. The summed E-state index contributed by atoms with van der Waals surface area (Å²) in [6.07, 6.45) is 5.55. The molecule has 1 aliphatic carbocycles. The maximum atomic E-state index is 10.4. The van der Waals surface area contributed by atoms with Gasteiger partial charge in [-0.15, -0.1) is 0 Å². The maximum absolute atomic E-state index is 10.4. The van der Waals surface area contributed by atoms with Crippen molar-refractivity contribution in [2.45, 2.75) is 64.1 Å². The zero-order chi connectivity index (χ0) is 16.4. The molecule has 1 aromatic carbocycles. The van der Waals surface area contributed by atoms with Crippen LogP contribution >= 0.6 is 0 Å². The van der Waals surface area contributed by atoms with Crippen LogP contribution in [0.25, 0.3) is 0 Å². The second-order valence-corrected chi connectivity index (χ2v) is 12.2. The summed E-state index contributed by atoms with van der Waals surface area (Å²) in [7, 11) is -2.11. The van der Waals surface area contributed by atoms with Crippen molar-refractivity contribution in [2.24, 2.45) is 16.9 Å². The Morgan fingerprint density at radius 1 is 1.32 bits per heavy atom. The van der Waals surface area contributed by atoms with Gasteiger partial charge < -0.3 is 10.6 Å². The quantitative estimate of drug-likeness (QED) is 0.488. The molecule has 0 saturated carbocycles. The van der Waals surface area contributed by atoms with E-state index < -0.39 is 8.32 Å². The van der Waals surface area contributed by atoms with Gasteiger partial charge in [-0.2, -0.15) is 5.10 Å². The highest BCUT2D eigenvalue weighted by atomic mass is 28.4. The number of aryl methyl sites for hydroxylation is 1. The number of rotatable bonds is 5. The Balaban J connectivity index is 2.00. The molecule has 0 amide bonds. The molecule has 0 saturated heterocycles. The predicted octanol–water partition coefficient (Wildman–Crippen LogP) is 4.06. The standard InChI is InChI=1S/C18H30N2OSi/c1-18(2,22(3,4)21)13-7-9-15-12-11-14-8-5-6-10-16(14)17(15)20-19/h5-6,8,10,15,21H,7,9,11-13,19H2,1-4H3/b20-17+. The van der Waals surface area contributed by atoms with Crippen LogP contribution < -0.4 is 5.84 Å². The Kier molecular flexibility index (Phi) is 5.13. The van der Waals surface area contributed by atoms with Crippen molar-refractivity contribution in [3.63, 3.8) is 0 Å². The van der Waals surface area contributed by atoms with E-state index in [0.717, 1.165) is 37.8 Å². The second-order valence-electron chi connectivity index (χ2n) is 7.74. The summed E-state index contributed by atoms with van der Waals surface area (Å²) in [5, 5.41) is 4.17. The van der Waals surface area contributed by atoms with Gasteiger partial charge in [-0.1, -0.05) is 44.5 Å². The van der Waals surface area contributed by atoms with Crippen molar-refractivity contribution in [1.29, 1.82) is 0 Å². The van der Waals surface area contributed by atoms with Crippen LogP contribution in [0, 0.1) is 5.92 Å². The maximum Gasteiger partial charge on any atom is 0.188 e. The van der Waals surface area contributed by atoms with Gasteiger partial charge in [0.25, 0.3) is 0 Å². The summed E-state index contributed by atoms with van der Waals surface area (Å²) in [4.78, 5) is 10.4. The third kappa shape index (κ3) is 3.61. The van der Waals surface area contributed by atoms with Crippen LogP contribution in [-0.2, 0) is 6.42 Å². The first kappa shape index (κ1) is 17.2. The van der Waals surface area contributed by atoms with Gasteiger partial charge in [0, 0.05) is 11.5 Å². The molecule has 0 bridgehead atoms. The van der Waals surface area contributed by atoms with E-state index in [2.05, 4.69) is 43.2 Å². The molecule has 0 aliphatic heterocycles. The van der Waals surface area contributed by atoms with Crippen LogP contribution in [-0.4, -0.2) is 18.8 Å². The Morgan fingerprint density at radius 3 is 2.64 bits per heavy atom. The summed E-state index contributed by atoms with van der Waals surface area (Å²) in [6, 6.07) is 8.47. The number of hydrogen-bond acceptors (Lipinski definition) is 3. The average molecular weight is 319 g/mol. The largest absolute Gasteiger partial charge is 0.432 e. The van der Waals surface area contributed by atoms with E-state index in [4.69, 9.17) is 5.84 Å². The Morgan fingerprint density at radius 2 is 2.00 bits per heavy atom. The molecule has 0 fully saturated rings. The van der Waals surface area contributed by atoms with Crippen molar-refractivity contribution in [3.8, 4) is 0 Å². The molecule has 22 heavy (non-hydrogen) atoms. The van der Waals surface area contributed by atoms with E-state index in [0.29, 0.717) is 5.92 Å². The van der Waals surface area contributed by atoms with Crippen molar-refractivity contribution < 1.29 is 4.80 Å². The smallest absolute Gasteiger partial charge is 0.188 e. The minimum atomic E-state index is -2.11. The fourth-order valence-corrected chi connectivity index (χ4v) is 4.02. The highest BCUT2D eigenvalue weighted by Gasteiger charge is 2.37. The molecule has 2 rings (SSSR count). The summed E-state index contributed by atoms with van der Waals surface area (Å²) < 4.78 is 0. The minimum absolute atomic E-state index is 0.0552. The van der Waals surface area contributed by atoms with Gasteiger partial charge in [0.15, 0.2) is 8.32 Å². The molecule has 1 unspecified atom stereocenters. The minimum Gasteiger partial charge on any atom is -0.432 e. The van der Waals surface area contributed by atoms with E-state index in [1.165, 1.54) is 11.1 Å². The van der Waals surface area contributed by atoms with E-state index in [1.54, 1.807) is 0 Å². The van der Waals surface area contributed by atoms with Crippen LogP contribution in [0.1, 0.15) is 50.7 Å². The SMILES string of the molecule is CC(C)(CCCC1CCc2ccccc2/C1=N/N)[Si](C)(C)O. The lowest BCUT2D eigenvalue weighted by molar-refractivity contribution is 0.423. The molecule has 122 valence electrons. The third-order valence-electron chi connectivity index (χ3n) is 5.59. The molecular weight excluding hydrogens is 288 g/mol. The Hall–Kier alpha value is -1.13. The number of nitrogens with zero attached hydrogens (tertiary/aromatic N) is 1. The number of hydrogen-bond donors (Lipinski definition) is 2. The topological polar surface area (TPSA) is 58.6 Å². The van der Waals surface area contributed by atoms with Crippen molar-refractivity contribution in [3.05, 3.63) is 35.4 Å². The van der Waals surface area contributed by atoms with Gasteiger partial charge in [-0.25, -0.2) is 0 Å². The molecule has 1 aliphatic rings. The lowest BCUT2D eigenvalue weighted by Gasteiger charge is -2.35. The zero-order valence-corrected chi connectivity index (χ0v) is 15.4. The molecule has 0 heterocycles. The van der Waals surface area contributed by atoms with Gasteiger partial charge in [0.1, 0.15) is 0 Å². The predicted molar refractivity (Wildman–Crippen MR) is 96.6 cm³/mol. The van der Waals surface area contributed by atoms with E-state index in [-0.39, 0.29) is 5.04 Å². The van der Waals surface area contributed by atoms with Crippen LogP contribution in [0.2, 0.25) is 18.1 Å². The number of nitrogens with two attached hydrogens (primary N) is 1. The number of hydrazone groups is 1. The fraction of sp³-hybridized carbons (Fsp3) is 0.611. The van der Waals surface area contributed by atoms with Gasteiger partial charge in [-0.05, 0) is 49.4 Å². The summed E-state index contributed by atoms with van der Waals surface area (Å²) in [5.74, 6) is 6.15. The molecule has 0 radical (unpaired) electrons. The lowest BCUT2D eigenvalue weighted by atomic mass is 9.79. The van der Waals surface area contributed by atoms with Crippen molar-refractivity contribution in [2.75, 3.05) is 0 Å². The highest BCUT2D eigenvalue weighted by Crippen LogP contribution is 2.41. The number of benzene rings is 1. The van der Waals surface area contributed by atoms with Crippen LogP contribution in [0.3, 0.4) is 0 Å². The molecule has 0 spiro atoms. The first-order chi connectivity index (χ1) is 10.3. The normalized spacial score (nSPS) is 21.0. The molecule has 1 atom stereocenters. The molecule has 3 nitrogen and oxygen atoms in total. The monoisotopic (exact) mass is 318 g/mol. The van der Waals surface area contributed by atoms with Gasteiger partial charge in [0.2, 0.25) is 0 Å². The Labute approximate surface area is 135 Å². The van der Waals surface area contributed by atoms with E-state index in [1.807, 2.05) is 13.1 Å². The Bertz CT molecular complexity index is 546. The molecule has 3 N–H and O–H groups in total. The highest BCUT2D eigenvalue weighted by molar-refractivity contribution is 6.72. The van der Waals surface area contributed by atoms with Gasteiger partial charge in [0.05, 0.1) is 5.71 Å². The summed E-state index contributed by atoms with van der Waals surface area (Å²) >= 11 is 0. The third-order valence-corrected chi connectivity index (χ3v) is 9.15. The molecule has 0 aromatic heterocycles. The van der Waals surface area contributed by atoms with Crippen molar-refractivity contribution in [1.82, 2.24) is 0 Å². The van der Waals surface area contributed by atoms with E-state index in [9.17, 15) is 4.80 Å². The van der Waals surface area contributed by atoms with E-state index >= 15 is 0 Å². The zero-order valence-electron chi connectivity index (χ0n) is 14.4. The van der Waals surface area contributed by atoms with Crippen LogP contribution in [0.15, 0.2) is 29.4 Å². The first-order valence-electron chi connectivity index (χ1n) is 8.35. The van der Waals surface area contributed by atoms with Crippen LogP contribution in [0.5, 0.6) is 0 Å². The lowest BCUT2D eigenvalue weighted by Crippen LogP contribution is -2.39. The second kappa shape index (κ2) is 6.55. The summed E-state index contributed by atoms with van der Waals surface area (Å²) in [5.41, 5.74) is 3.67. The van der Waals surface area contributed by atoms with Gasteiger partial charge >= 0.3 is 0 Å². The fourth-order valence-electron chi connectivity index (χ4n) is 3.23. The molecular formula is C18H30N2OSi. The average Bonchev–Trinajstić information content (AvgIpc) is 2.45. The van der Waals surface area contributed by atoms with Crippen LogP contribution in [0.4, 0.5) is 0 Å².